The molecule has 0 bridgehead atoms. The Morgan fingerprint density at radius 1 is 1.15 bits per heavy atom. The van der Waals surface area contributed by atoms with Crippen LogP contribution in [0.3, 0.4) is 0 Å². The maximum Gasteiger partial charge on any atom is 0.165 e. The molecule has 0 heterocycles. The molecule has 2 aromatic carbocycles. The minimum atomic E-state index is -0.410. The summed E-state index contributed by atoms with van der Waals surface area (Å²) in [5.41, 5.74) is 8.18. The topological polar surface area (TPSA) is 55.5 Å². The van der Waals surface area contributed by atoms with Crippen molar-refractivity contribution in [3.63, 3.8) is 0 Å². The number of halogens is 1. The molecule has 3 N–H and O–H groups in total. The molecule has 4 heteroatoms. The van der Waals surface area contributed by atoms with Crippen LogP contribution in [0.1, 0.15) is 29.7 Å². The van der Waals surface area contributed by atoms with Gasteiger partial charge in [0.2, 0.25) is 0 Å². The first-order valence-corrected chi connectivity index (χ1v) is 6.46. The lowest BCUT2D eigenvalue weighted by Gasteiger charge is -2.10. The van der Waals surface area contributed by atoms with Crippen LogP contribution in [0, 0.1) is 5.82 Å². The normalized spacial score (nSPS) is 12.2. The molecule has 3 nitrogen and oxygen atoms in total. The summed E-state index contributed by atoms with van der Waals surface area (Å²) in [7, 11) is 0. The standard InChI is InChI=1S/C16H18FNO2/c1-11(18)14-6-7-16(15(17)8-14)20-10-13-4-2-12(9-19)3-5-13/h2-8,11,19H,9-10,18H2,1H3. The molecule has 0 fully saturated rings. The molecule has 0 aliphatic heterocycles. The number of hydrogen-bond acceptors (Lipinski definition) is 3. The van der Waals surface area contributed by atoms with Crippen LogP contribution >= 0.6 is 0 Å². The van der Waals surface area contributed by atoms with E-state index >= 15 is 0 Å². The molecule has 1 atom stereocenters. The van der Waals surface area contributed by atoms with Gasteiger partial charge in [-0.05, 0) is 35.7 Å². The van der Waals surface area contributed by atoms with Crippen molar-refractivity contribution in [2.75, 3.05) is 0 Å². The van der Waals surface area contributed by atoms with Crippen LogP contribution in [0.4, 0.5) is 4.39 Å². The van der Waals surface area contributed by atoms with Crippen LogP contribution in [0.2, 0.25) is 0 Å². The maximum atomic E-state index is 13.8. The monoisotopic (exact) mass is 275 g/mol. The SMILES string of the molecule is CC(N)c1ccc(OCc2ccc(CO)cc2)c(F)c1. The van der Waals surface area contributed by atoms with Crippen molar-refractivity contribution in [1.82, 2.24) is 0 Å². The third kappa shape index (κ3) is 3.56. The predicted molar refractivity (Wildman–Crippen MR) is 75.7 cm³/mol. The molecule has 0 spiro atoms. The molecule has 1 unspecified atom stereocenters. The Bertz CT molecular complexity index is 567. The molecular weight excluding hydrogens is 257 g/mol. The summed E-state index contributed by atoms with van der Waals surface area (Å²) in [5, 5.41) is 8.95. The number of nitrogens with two attached hydrogens (primary N) is 1. The van der Waals surface area contributed by atoms with E-state index in [2.05, 4.69) is 0 Å². The molecule has 0 saturated carbocycles. The maximum absolute atomic E-state index is 13.8. The first-order chi connectivity index (χ1) is 9.60. The summed E-state index contributed by atoms with van der Waals surface area (Å²) in [6.07, 6.45) is 0. The predicted octanol–water partition coefficient (Wildman–Crippen LogP) is 2.92. The summed E-state index contributed by atoms with van der Waals surface area (Å²) < 4.78 is 19.3. The average molecular weight is 275 g/mol. The van der Waals surface area contributed by atoms with Crippen molar-refractivity contribution in [3.8, 4) is 5.75 Å². The van der Waals surface area contributed by atoms with E-state index in [4.69, 9.17) is 15.6 Å². The zero-order valence-corrected chi connectivity index (χ0v) is 11.3. The van der Waals surface area contributed by atoms with Gasteiger partial charge >= 0.3 is 0 Å². The first kappa shape index (κ1) is 14.5. The van der Waals surface area contributed by atoms with Crippen LogP contribution in [-0.4, -0.2) is 5.11 Å². The smallest absolute Gasteiger partial charge is 0.165 e. The van der Waals surface area contributed by atoms with Gasteiger partial charge in [-0.2, -0.15) is 0 Å². The van der Waals surface area contributed by atoms with Gasteiger partial charge in [-0.1, -0.05) is 30.3 Å². The molecule has 2 aromatic rings. The van der Waals surface area contributed by atoms with Gasteiger partial charge in [-0.25, -0.2) is 4.39 Å². The molecule has 0 amide bonds. The molecule has 0 aliphatic carbocycles. The fraction of sp³-hybridized carbons (Fsp3) is 0.250. The Morgan fingerprint density at radius 2 is 1.80 bits per heavy atom. The van der Waals surface area contributed by atoms with E-state index in [9.17, 15) is 4.39 Å². The highest BCUT2D eigenvalue weighted by atomic mass is 19.1. The molecule has 2 rings (SSSR count). The fourth-order valence-electron chi connectivity index (χ4n) is 1.82. The van der Waals surface area contributed by atoms with E-state index in [0.717, 1.165) is 16.7 Å². The van der Waals surface area contributed by atoms with E-state index < -0.39 is 5.82 Å². The number of hydrogen-bond donors (Lipinski definition) is 2. The van der Waals surface area contributed by atoms with E-state index in [1.54, 1.807) is 19.1 Å². The van der Waals surface area contributed by atoms with Gasteiger partial charge in [0.05, 0.1) is 6.61 Å². The number of benzene rings is 2. The molecule has 0 radical (unpaired) electrons. The van der Waals surface area contributed by atoms with Gasteiger partial charge in [0.1, 0.15) is 6.61 Å². The van der Waals surface area contributed by atoms with Crippen LogP contribution in [0.25, 0.3) is 0 Å². The second-order valence-electron chi connectivity index (χ2n) is 4.74. The van der Waals surface area contributed by atoms with Crippen LogP contribution < -0.4 is 10.5 Å². The lowest BCUT2D eigenvalue weighted by atomic mass is 10.1. The fourth-order valence-corrected chi connectivity index (χ4v) is 1.82. The minimum absolute atomic E-state index is 0.00843. The third-order valence-corrected chi connectivity index (χ3v) is 3.08. The van der Waals surface area contributed by atoms with Crippen LogP contribution in [0.5, 0.6) is 5.75 Å². The van der Waals surface area contributed by atoms with Gasteiger partial charge in [0.25, 0.3) is 0 Å². The highest BCUT2D eigenvalue weighted by Crippen LogP contribution is 2.22. The van der Waals surface area contributed by atoms with Crippen LogP contribution in [-0.2, 0) is 13.2 Å². The largest absolute Gasteiger partial charge is 0.486 e. The van der Waals surface area contributed by atoms with E-state index in [0.29, 0.717) is 0 Å². The highest BCUT2D eigenvalue weighted by molar-refractivity contribution is 5.31. The van der Waals surface area contributed by atoms with E-state index in [1.807, 2.05) is 24.3 Å². The van der Waals surface area contributed by atoms with Gasteiger partial charge in [-0.15, -0.1) is 0 Å². The summed E-state index contributed by atoms with van der Waals surface area (Å²) in [4.78, 5) is 0. The zero-order valence-electron chi connectivity index (χ0n) is 11.3. The van der Waals surface area contributed by atoms with Gasteiger partial charge < -0.3 is 15.6 Å². The lowest BCUT2D eigenvalue weighted by Crippen LogP contribution is -2.06. The molecule has 0 aliphatic rings. The molecule has 0 saturated heterocycles. The van der Waals surface area contributed by atoms with Crippen molar-refractivity contribution < 1.29 is 14.2 Å². The van der Waals surface area contributed by atoms with Crippen molar-refractivity contribution in [3.05, 3.63) is 65.0 Å². The Hall–Kier alpha value is -1.91. The second-order valence-corrected chi connectivity index (χ2v) is 4.74. The van der Waals surface area contributed by atoms with Gasteiger partial charge in [0, 0.05) is 6.04 Å². The molecule has 106 valence electrons. The number of ether oxygens (including phenoxy) is 1. The van der Waals surface area contributed by atoms with Crippen molar-refractivity contribution in [1.29, 1.82) is 0 Å². The number of aliphatic hydroxyl groups is 1. The summed E-state index contributed by atoms with van der Waals surface area (Å²) in [6.45, 7) is 2.09. The molecule has 0 aromatic heterocycles. The Kier molecular flexibility index (Phi) is 4.71. The number of rotatable bonds is 5. The minimum Gasteiger partial charge on any atom is -0.486 e. The second kappa shape index (κ2) is 6.50. The Morgan fingerprint density at radius 3 is 2.35 bits per heavy atom. The van der Waals surface area contributed by atoms with Gasteiger partial charge in [0.15, 0.2) is 11.6 Å². The van der Waals surface area contributed by atoms with Gasteiger partial charge in [-0.3, -0.25) is 0 Å². The third-order valence-electron chi connectivity index (χ3n) is 3.08. The zero-order chi connectivity index (χ0) is 14.5. The Labute approximate surface area is 117 Å². The van der Waals surface area contributed by atoms with E-state index in [1.165, 1.54) is 6.07 Å². The summed E-state index contributed by atoms with van der Waals surface area (Å²) in [6, 6.07) is 11.9. The van der Waals surface area contributed by atoms with Crippen molar-refractivity contribution in [2.45, 2.75) is 26.2 Å². The quantitative estimate of drug-likeness (QED) is 0.882. The van der Waals surface area contributed by atoms with Crippen molar-refractivity contribution in [2.24, 2.45) is 5.73 Å². The number of aliphatic hydroxyl groups excluding tert-OH is 1. The highest BCUT2D eigenvalue weighted by Gasteiger charge is 2.07. The van der Waals surface area contributed by atoms with Crippen LogP contribution in [0.15, 0.2) is 42.5 Å². The lowest BCUT2D eigenvalue weighted by molar-refractivity contribution is 0.280. The molecular formula is C16H18FNO2. The molecule has 20 heavy (non-hydrogen) atoms. The first-order valence-electron chi connectivity index (χ1n) is 6.46. The summed E-state index contributed by atoms with van der Waals surface area (Å²) in [5.74, 6) is -0.201. The van der Waals surface area contributed by atoms with E-state index in [-0.39, 0.29) is 25.0 Å². The average Bonchev–Trinajstić information content (AvgIpc) is 2.46. The van der Waals surface area contributed by atoms with Crippen molar-refractivity contribution >= 4 is 0 Å². The Balaban J connectivity index is 2.03. The summed E-state index contributed by atoms with van der Waals surface area (Å²) >= 11 is 0.